The molecule has 2 aromatic carbocycles. The largest absolute Gasteiger partial charge is 0.302 e. The summed E-state index contributed by atoms with van der Waals surface area (Å²) in [6.07, 6.45) is 0. The highest BCUT2D eigenvalue weighted by Crippen LogP contribution is 2.19. The van der Waals surface area contributed by atoms with E-state index in [1.54, 1.807) is 18.5 Å². The highest BCUT2D eigenvalue weighted by atomic mass is 79.9. The van der Waals surface area contributed by atoms with Crippen LogP contribution in [0.1, 0.15) is 12.5 Å². The number of hydrogen-bond donors (Lipinski definition) is 0. The maximum atomic E-state index is 13.3. The van der Waals surface area contributed by atoms with Crippen LogP contribution in [0, 0.1) is 11.8 Å². The summed E-state index contributed by atoms with van der Waals surface area (Å²) < 4.78 is 4.84. The molecule has 2 aromatic heterocycles. The van der Waals surface area contributed by atoms with E-state index in [1.165, 1.54) is 9.36 Å². The second-order valence-electron chi connectivity index (χ2n) is 6.42. The first-order valence-corrected chi connectivity index (χ1v) is 9.54. The highest BCUT2D eigenvalue weighted by Gasteiger charge is 2.19. The maximum Gasteiger partial charge on any atom is 0.293 e. The quantitative estimate of drug-likeness (QED) is 0.463. The Hall–Kier alpha value is -3.11. The zero-order chi connectivity index (χ0) is 19.8. The van der Waals surface area contributed by atoms with Crippen molar-refractivity contribution in [3.63, 3.8) is 0 Å². The van der Waals surface area contributed by atoms with E-state index in [0.29, 0.717) is 4.73 Å². The van der Waals surface area contributed by atoms with Crippen LogP contribution in [-0.4, -0.2) is 18.9 Å². The lowest BCUT2D eigenvalue weighted by atomic mass is 10.0. The molecule has 0 radical (unpaired) electrons. The normalized spacial score (nSPS) is 11.0. The van der Waals surface area contributed by atoms with Crippen molar-refractivity contribution in [3.8, 4) is 11.8 Å². The average molecular weight is 437 g/mol. The first-order valence-electron chi connectivity index (χ1n) is 8.75. The Morgan fingerprint density at radius 3 is 2.61 bits per heavy atom. The van der Waals surface area contributed by atoms with Crippen molar-refractivity contribution in [1.29, 1.82) is 0 Å². The van der Waals surface area contributed by atoms with Gasteiger partial charge in [0.2, 0.25) is 0 Å². The molecule has 7 heteroatoms. The topological polar surface area (TPSA) is 61.8 Å². The van der Waals surface area contributed by atoms with Gasteiger partial charge in [-0.25, -0.2) is 14.3 Å². The van der Waals surface area contributed by atoms with E-state index in [2.05, 4.69) is 32.8 Å². The van der Waals surface area contributed by atoms with E-state index in [0.717, 1.165) is 16.3 Å². The van der Waals surface area contributed by atoms with Crippen molar-refractivity contribution < 1.29 is 0 Å². The van der Waals surface area contributed by atoms with Crippen LogP contribution in [0.5, 0.6) is 0 Å². The van der Waals surface area contributed by atoms with Gasteiger partial charge in [-0.3, -0.25) is 9.59 Å². The minimum atomic E-state index is -0.321. The molecule has 2 heterocycles. The van der Waals surface area contributed by atoms with Crippen LogP contribution >= 0.6 is 15.9 Å². The number of fused-ring (bicyclic) bond motifs is 2. The summed E-state index contributed by atoms with van der Waals surface area (Å²) in [7, 11) is 1.59. The van der Waals surface area contributed by atoms with E-state index in [9.17, 15) is 9.59 Å². The van der Waals surface area contributed by atoms with Gasteiger partial charge in [0, 0.05) is 7.05 Å². The molecule has 0 fully saturated rings. The van der Waals surface area contributed by atoms with Gasteiger partial charge in [-0.15, -0.1) is 5.92 Å². The average Bonchev–Trinajstić information content (AvgIpc) is 3.04. The minimum absolute atomic E-state index is 0.145. The monoisotopic (exact) mass is 436 g/mol. The summed E-state index contributed by atoms with van der Waals surface area (Å²) in [5.74, 6) is 5.73. The number of aromatic nitrogens is 4. The van der Waals surface area contributed by atoms with E-state index in [1.807, 2.05) is 42.5 Å². The molecule has 0 bridgehead atoms. The van der Waals surface area contributed by atoms with Crippen LogP contribution < -0.4 is 11.1 Å². The maximum absolute atomic E-state index is 13.3. The smallest absolute Gasteiger partial charge is 0.293 e. The third-order valence-corrected chi connectivity index (χ3v) is 5.44. The van der Waals surface area contributed by atoms with Gasteiger partial charge < -0.3 is 4.57 Å². The van der Waals surface area contributed by atoms with Crippen LogP contribution in [-0.2, 0) is 20.1 Å². The van der Waals surface area contributed by atoms with Gasteiger partial charge in [0.1, 0.15) is 5.52 Å². The van der Waals surface area contributed by atoms with Crippen LogP contribution in [0.4, 0.5) is 0 Å². The van der Waals surface area contributed by atoms with E-state index in [-0.39, 0.29) is 35.2 Å². The summed E-state index contributed by atoms with van der Waals surface area (Å²) in [5.41, 5.74) is 0.775. The number of benzene rings is 2. The van der Waals surface area contributed by atoms with Gasteiger partial charge in [-0.2, -0.15) is 0 Å². The number of rotatable bonds is 3. The molecule has 0 saturated heterocycles. The molecule has 0 aliphatic rings. The Balaban J connectivity index is 1.98. The SMILES string of the molecule is CC#CCn1c(Br)nc2c(=O)n(C)n(Cc3cccc4ccccc34)c(=O)c21. The predicted molar refractivity (Wildman–Crippen MR) is 113 cm³/mol. The number of imidazole rings is 1. The lowest BCUT2D eigenvalue weighted by molar-refractivity contribution is 0.503. The van der Waals surface area contributed by atoms with E-state index in [4.69, 9.17) is 0 Å². The predicted octanol–water partition coefficient (Wildman–Crippen LogP) is 2.88. The van der Waals surface area contributed by atoms with Crippen molar-refractivity contribution in [1.82, 2.24) is 18.9 Å². The first kappa shape index (κ1) is 18.3. The van der Waals surface area contributed by atoms with Crippen molar-refractivity contribution in [2.24, 2.45) is 7.05 Å². The molecule has 0 aliphatic heterocycles. The van der Waals surface area contributed by atoms with Crippen molar-refractivity contribution in [3.05, 3.63) is 73.5 Å². The van der Waals surface area contributed by atoms with Crippen LogP contribution in [0.3, 0.4) is 0 Å². The van der Waals surface area contributed by atoms with Crippen LogP contribution in [0.25, 0.3) is 21.8 Å². The molecular weight excluding hydrogens is 420 g/mol. The fraction of sp³-hybridized carbons (Fsp3) is 0.190. The molecule has 4 aromatic rings. The third-order valence-electron chi connectivity index (χ3n) is 4.83. The second-order valence-corrected chi connectivity index (χ2v) is 7.13. The fourth-order valence-corrected chi connectivity index (χ4v) is 3.86. The zero-order valence-corrected chi connectivity index (χ0v) is 17.0. The van der Waals surface area contributed by atoms with Gasteiger partial charge in [0.15, 0.2) is 10.3 Å². The van der Waals surface area contributed by atoms with Crippen molar-refractivity contribution in [2.45, 2.75) is 20.0 Å². The molecule has 28 heavy (non-hydrogen) atoms. The summed E-state index contributed by atoms with van der Waals surface area (Å²) >= 11 is 3.34. The number of hydrogen-bond acceptors (Lipinski definition) is 3. The van der Waals surface area contributed by atoms with Gasteiger partial charge in [-0.05, 0) is 39.2 Å². The zero-order valence-electron chi connectivity index (χ0n) is 15.4. The summed E-state index contributed by atoms with van der Waals surface area (Å²) in [6, 6.07) is 13.9. The van der Waals surface area contributed by atoms with Gasteiger partial charge in [0.25, 0.3) is 11.1 Å². The molecular formula is C21H17BrN4O2. The van der Waals surface area contributed by atoms with E-state index < -0.39 is 0 Å². The minimum Gasteiger partial charge on any atom is -0.302 e. The third kappa shape index (κ3) is 2.86. The Labute approximate surface area is 169 Å². The Morgan fingerprint density at radius 2 is 1.82 bits per heavy atom. The summed E-state index contributed by atoms with van der Waals surface area (Å²) in [5, 5.41) is 2.14. The molecule has 4 rings (SSSR count). The molecule has 6 nitrogen and oxygen atoms in total. The van der Waals surface area contributed by atoms with Crippen LogP contribution in [0.2, 0.25) is 0 Å². The Morgan fingerprint density at radius 1 is 1.07 bits per heavy atom. The van der Waals surface area contributed by atoms with Crippen molar-refractivity contribution >= 4 is 37.7 Å². The molecule has 0 N–H and O–H groups in total. The number of halogens is 1. The molecule has 0 atom stereocenters. The molecule has 0 unspecified atom stereocenters. The van der Waals surface area contributed by atoms with Crippen molar-refractivity contribution in [2.75, 3.05) is 0 Å². The van der Waals surface area contributed by atoms with Crippen LogP contribution in [0.15, 0.2) is 56.8 Å². The highest BCUT2D eigenvalue weighted by molar-refractivity contribution is 9.10. The van der Waals surface area contributed by atoms with Gasteiger partial charge in [-0.1, -0.05) is 48.4 Å². The second kappa shape index (κ2) is 7.13. The Kier molecular flexibility index (Phi) is 4.65. The lowest BCUT2D eigenvalue weighted by Gasteiger charge is -2.14. The summed E-state index contributed by atoms with van der Waals surface area (Å²) in [4.78, 5) is 30.4. The molecule has 0 amide bonds. The Bertz CT molecular complexity index is 1390. The molecule has 0 aliphatic carbocycles. The molecule has 0 spiro atoms. The first-order chi connectivity index (χ1) is 13.5. The van der Waals surface area contributed by atoms with E-state index >= 15 is 0 Å². The summed E-state index contributed by atoms with van der Waals surface area (Å²) in [6.45, 7) is 2.29. The molecule has 0 saturated carbocycles. The number of nitrogens with zero attached hydrogens (tertiary/aromatic N) is 4. The fourth-order valence-electron chi connectivity index (χ4n) is 3.38. The van der Waals surface area contributed by atoms with Gasteiger partial charge in [0.05, 0.1) is 13.1 Å². The lowest BCUT2D eigenvalue weighted by Crippen LogP contribution is -2.38. The standard InChI is InChI=1S/C21H17BrN4O2/c1-3-4-12-25-18-17(23-21(25)22)19(27)24(2)26(20(18)28)13-15-10-7-9-14-8-5-6-11-16(14)15/h5-11H,12-13H2,1-2H3. The molecule has 140 valence electrons. The van der Waals surface area contributed by atoms with Gasteiger partial charge >= 0.3 is 0 Å².